The predicted octanol–water partition coefficient (Wildman–Crippen LogP) is 2.38. The number of benzene rings is 1. The first kappa shape index (κ1) is 12.3. The molecule has 0 aliphatic rings. The lowest BCUT2D eigenvalue weighted by Crippen LogP contribution is -2.37. The van der Waals surface area contributed by atoms with Crippen LogP contribution in [0.3, 0.4) is 0 Å². The number of carbonyl (C=O) groups excluding carboxylic acids is 1. The van der Waals surface area contributed by atoms with Gasteiger partial charge in [0.2, 0.25) is 12.3 Å². The standard InChI is InChI=1S/C14H10ClN2O/c15-13-5-3-12(4-6-13)14(18)10-17-7-1-2-11(8-16)9-17/h1-7,9H,10H2/q+1. The number of halogens is 1. The Labute approximate surface area is 110 Å². The van der Waals surface area contributed by atoms with E-state index in [1.54, 1.807) is 53.4 Å². The van der Waals surface area contributed by atoms with E-state index < -0.39 is 0 Å². The second-order valence-corrected chi connectivity index (χ2v) is 4.24. The SMILES string of the molecule is N#Cc1ccc[n+](CC(=O)c2ccc(Cl)cc2)c1. The summed E-state index contributed by atoms with van der Waals surface area (Å²) in [6.45, 7) is 0.206. The summed E-state index contributed by atoms with van der Waals surface area (Å²) >= 11 is 5.76. The Hall–Kier alpha value is -2.18. The summed E-state index contributed by atoms with van der Waals surface area (Å²) in [5, 5.41) is 9.38. The lowest BCUT2D eigenvalue weighted by atomic mass is 10.1. The number of carbonyl (C=O) groups is 1. The van der Waals surface area contributed by atoms with Gasteiger partial charge in [-0.2, -0.15) is 9.83 Å². The van der Waals surface area contributed by atoms with Crippen molar-refractivity contribution in [2.45, 2.75) is 6.54 Å². The highest BCUT2D eigenvalue weighted by Gasteiger charge is 2.12. The summed E-state index contributed by atoms with van der Waals surface area (Å²) in [5.41, 5.74) is 1.13. The van der Waals surface area contributed by atoms with E-state index in [0.29, 0.717) is 16.1 Å². The number of nitriles is 1. The van der Waals surface area contributed by atoms with E-state index >= 15 is 0 Å². The summed E-state index contributed by atoms with van der Waals surface area (Å²) in [7, 11) is 0. The van der Waals surface area contributed by atoms with E-state index in [2.05, 4.69) is 0 Å². The number of hydrogen-bond donors (Lipinski definition) is 0. The minimum Gasteiger partial charge on any atom is -0.287 e. The molecule has 88 valence electrons. The molecule has 0 radical (unpaired) electrons. The van der Waals surface area contributed by atoms with E-state index in [1.165, 1.54) is 0 Å². The first-order chi connectivity index (χ1) is 8.69. The van der Waals surface area contributed by atoms with Crippen molar-refractivity contribution in [2.75, 3.05) is 0 Å². The summed E-state index contributed by atoms with van der Waals surface area (Å²) in [4.78, 5) is 12.0. The Bertz CT molecular complexity index is 614. The molecule has 0 fully saturated rings. The molecule has 0 unspecified atom stereocenters. The Morgan fingerprint density at radius 2 is 2.00 bits per heavy atom. The molecule has 0 saturated heterocycles. The van der Waals surface area contributed by atoms with Gasteiger partial charge in [0.1, 0.15) is 11.6 Å². The van der Waals surface area contributed by atoms with Crippen molar-refractivity contribution in [3.05, 3.63) is 64.9 Å². The van der Waals surface area contributed by atoms with Gasteiger partial charge in [0.05, 0.1) is 0 Å². The fraction of sp³-hybridized carbons (Fsp3) is 0.0714. The minimum absolute atomic E-state index is 0.0215. The molecule has 3 nitrogen and oxygen atoms in total. The van der Waals surface area contributed by atoms with Crippen molar-refractivity contribution in [3.8, 4) is 6.07 Å². The maximum Gasteiger partial charge on any atom is 0.227 e. The highest BCUT2D eigenvalue weighted by molar-refractivity contribution is 6.30. The molecule has 1 aromatic carbocycles. The monoisotopic (exact) mass is 257 g/mol. The lowest BCUT2D eigenvalue weighted by molar-refractivity contribution is -0.683. The smallest absolute Gasteiger partial charge is 0.227 e. The number of ketones is 1. The molecular weight excluding hydrogens is 248 g/mol. The Morgan fingerprint density at radius 3 is 2.67 bits per heavy atom. The first-order valence-corrected chi connectivity index (χ1v) is 5.75. The minimum atomic E-state index is -0.0215. The van der Waals surface area contributed by atoms with Crippen molar-refractivity contribution in [2.24, 2.45) is 0 Å². The fourth-order valence-corrected chi connectivity index (χ4v) is 1.71. The molecule has 4 heteroatoms. The van der Waals surface area contributed by atoms with Crippen LogP contribution < -0.4 is 4.57 Å². The van der Waals surface area contributed by atoms with Crippen LogP contribution in [-0.4, -0.2) is 5.78 Å². The van der Waals surface area contributed by atoms with Crippen molar-refractivity contribution in [1.82, 2.24) is 0 Å². The average Bonchev–Trinajstić information content (AvgIpc) is 2.39. The highest BCUT2D eigenvalue weighted by Crippen LogP contribution is 2.09. The molecule has 0 bridgehead atoms. The molecule has 18 heavy (non-hydrogen) atoms. The zero-order valence-electron chi connectivity index (χ0n) is 9.51. The van der Waals surface area contributed by atoms with Gasteiger partial charge in [-0.3, -0.25) is 4.79 Å². The van der Waals surface area contributed by atoms with Crippen LogP contribution in [0.1, 0.15) is 15.9 Å². The van der Waals surface area contributed by atoms with Crippen LogP contribution in [0.15, 0.2) is 48.8 Å². The third-order valence-electron chi connectivity index (χ3n) is 2.48. The molecule has 0 saturated carbocycles. The van der Waals surface area contributed by atoms with Crippen molar-refractivity contribution in [1.29, 1.82) is 5.26 Å². The van der Waals surface area contributed by atoms with E-state index in [9.17, 15) is 4.79 Å². The van der Waals surface area contributed by atoms with Crippen molar-refractivity contribution >= 4 is 17.4 Å². The average molecular weight is 258 g/mol. The van der Waals surface area contributed by atoms with Crippen LogP contribution in [0.25, 0.3) is 0 Å². The molecule has 1 heterocycles. The zero-order valence-corrected chi connectivity index (χ0v) is 10.3. The zero-order chi connectivity index (χ0) is 13.0. The molecule has 2 aromatic rings. The van der Waals surface area contributed by atoms with Crippen molar-refractivity contribution < 1.29 is 9.36 Å². The van der Waals surface area contributed by atoms with Crippen molar-refractivity contribution in [3.63, 3.8) is 0 Å². The van der Waals surface area contributed by atoms with Gasteiger partial charge in [-0.15, -0.1) is 0 Å². The fourth-order valence-electron chi connectivity index (χ4n) is 1.58. The molecule has 0 N–H and O–H groups in total. The molecule has 0 spiro atoms. The van der Waals surface area contributed by atoms with Gasteiger partial charge >= 0.3 is 0 Å². The number of hydrogen-bond acceptors (Lipinski definition) is 2. The maximum absolute atomic E-state index is 12.0. The van der Waals surface area contributed by atoms with Crippen LogP contribution in [0, 0.1) is 11.3 Å². The van der Waals surface area contributed by atoms with E-state index in [0.717, 1.165) is 0 Å². The third-order valence-corrected chi connectivity index (χ3v) is 2.73. The molecule has 1 aromatic heterocycles. The van der Waals surface area contributed by atoms with Crippen LogP contribution >= 0.6 is 11.6 Å². The molecule has 0 aliphatic heterocycles. The molecule has 0 atom stereocenters. The van der Waals surface area contributed by atoms with Gasteiger partial charge in [0.25, 0.3) is 0 Å². The van der Waals surface area contributed by atoms with Crippen LogP contribution in [0.4, 0.5) is 0 Å². The third kappa shape index (κ3) is 2.93. The number of aromatic nitrogens is 1. The lowest BCUT2D eigenvalue weighted by Gasteiger charge is -1.98. The first-order valence-electron chi connectivity index (χ1n) is 5.37. The molecule has 0 amide bonds. The number of rotatable bonds is 3. The van der Waals surface area contributed by atoms with Crippen LogP contribution in [0.5, 0.6) is 0 Å². The second kappa shape index (κ2) is 5.44. The number of pyridine rings is 1. The summed E-state index contributed by atoms with van der Waals surface area (Å²) in [5.74, 6) is -0.0215. The molecule has 0 aliphatic carbocycles. The van der Waals surface area contributed by atoms with Gasteiger partial charge in [-0.1, -0.05) is 11.6 Å². The normalized spacial score (nSPS) is 9.78. The summed E-state index contributed by atoms with van der Waals surface area (Å²) < 4.78 is 1.69. The van der Waals surface area contributed by atoms with E-state index in [4.69, 9.17) is 16.9 Å². The van der Waals surface area contributed by atoms with Gasteiger partial charge < -0.3 is 0 Å². The van der Waals surface area contributed by atoms with Gasteiger partial charge in [0.15, 0.2) is 12.4 Å². The topological polar surface area (TPSA) is 44.7 Å². The Kier molecular flexibility index (Phi) is 3.71. The Morgan fingerprint density at radius 1 is 1.28 bits per heavy atom. The molecule has 2 rings (SSSR count). The largest absolute Gasteiger partial charge is 0.287 e. The van der Waals surface area contributed by atoms with Crippen LogP contribution in [-0.2, 0) is 6.54 Å². The number of Topliss-reactive ketones (excluding diaryl/α,β-unsaturated/α-hetero) is 1. The highest BCUT2D eigenvalue weighted by atomic mass is 35.5. The summed E-state index contributed by atoms with van der Waals surface area (Å²) in [6.07, 6.45) is 3.41. The van der Waals surface area contributed by atoms with Gasteiger partial charge in [-0.05, 0) is 30.3 Å². The predicted molar refractivity (Wildman–Crippen MR) is 67.1 cm³/mol. The number of nitrogens with zero attached hydrogens (tertiary/aromatic N) is 2. The quantitative estimate of drug-likeness (QED) is 0.626. The second-order valence-electron chi connectivity index (χ2n) is 3.81. The molecular formula is C14H10ClN2O+. The Balaban J connectivity index is 2.16. The van der Waals surface area contributed by atoms with Gasteiger partial charge in [0, 0.05) is 16.7 Å². The van der Waals surface area contributed by atoms with Gasteiger partial charge in [-0.25, -0.2) is 0 Å². The summed E-state index contributed by atoms with van der Waals surface area (Å²) in [6, 6.07) is 12.2. The van der Waals surface area contributed by atoms with E-state index in [1.807, 2.05) is 6.07 Å². The van der Waals surface area contributed by atoms with Crippen LogP contribution in [0.2, 0.25) is 5.02 Å². The van der Waals surface area contributed by atoms with E-state index in [-0.39, 0.29) is 12.3 Å². The maximum atomic E-state index is 12.0.